The van der Waals surface area contributed by atoms with E-state index in [4.69, 9.17) is 0 Å². The number of nitrogens with one attached hydrogen (secondary N) is 2. The lowest BCUT2D eigenvalue weighted by Gasteiger charge is -2.21. The molecular weight excluding hydrogens is 324 g/mol. The fourth-order valence-corrected chi connectivity index (χ4v) is 3.21. The molecule has 1 atom stereocenters. The number of carbonyl (C=O) groups excluding carboxylic acids is 2. The Morgan fingerprint density at radius 3 is 2.75 bits per heavy atom. The van der Waals surface area contributed by atoms with Crippen molar-refractivity contribution in [1.29, 1.82) is 0 Å². The van der Waals surface area contributed by atoms with E-state index in [1.165, 1.54) is 11.8 Å². The van der Waals surface area contributed by atoms with Gasteiger partial charge in [0.1, 0.15) is 5.82 Å². The van der Waals surface area contributed by atoms with Gasteiger partial charge in [0.05, 0.1) is 22.8 Å². The average molecular weight is 342 g/mol. The molecule has 0 aliphatic carbocycles. The number of hydrogen-bond donors (Lipinski definition) is 2. The van der Waals surface area contributed by atoms with Crippen molar-refractivity contribution in [2.75, 3.05) is 29.6 Å². The molecule has 24 heavy (non-hydrogen) atoms. The van der Waals surface area contributed by atoms with E-state index < -0.39 is 0 Å². The molecule has 6 nitrogen and oxygen atoms in total. The number of thioether (sulfide) groups is 1. The number of aromatic nitrogens is 1. The van der Waals surface area contributed by atoms with Crippen LogP contribution in [0.5, 0.6) is 0 Å². The van der Waals surface area contributed by atoms with Gasteiger partial charge in [-0.2, -0.15) is 0 Å². The molecule has 1 aromatic carbocycles. The van der Waals surface area contributed by atoms with Crippen LogP contribution in [0.4, 0.5) is 17.2 Å². The Morgan fingerprint density at radius 2 is 2.08 bits per heavy atom. The normalized spacial score (nSPS) is 16.1. The highest BCUT2D eigenvalue weighted by molar-refractivity contribution is 8.00. The second kappa shape index (κ2) is 6.52. The SMILES string of the molecule is CC1Sc2ccc(C(=O)Nc3ccc(N(C)C)nc3)cc2NC1=O. The Morgan fingerprint density at radius 1 is 1.29 bits per heavy atom. The summed E-state index contributed by atoms with van der Waals surface area (Å²) in [6.45, 7) is 1.86. The van der Waals surface area contributed by atoms with Crippen molar-refractivity contribution in [3.8, 4) is 0 Å². The topological polar surface area (TPSA) is 74.3 Å². The predicted molar refractivity (Wildman–Crippen MR) is 96.9 cm³/mol. The number of fused-ring (bicyclic) bond motifs is 1. The number of hydrogen-bond acceptors (Lipinski definition) is 5. The summed E-state index contributed by atoms with van der Waals surface area (Å²) in [5, 5.41) is 5.52. The maximum Gasteiger partial charge on any atom is 0.255 e. The molecule has 0 saturated carbocycles. The minimum Gasteiger partial charge on any atom is -0.363 e. The minimum atomic E-state index is -0.241. The van der Waals surface area contributed by atoms with Crippen LogP contribution >= 0.6 is 11.8 Å². The zero-order valence-electron chi connectivity index (χ0n) is 13.7. The van der Waals surface area contributed by atoms with Crippen molar-refractivity contribution in [2.24, 2.45) is 0 Å². The maximum absolute atomic E-state index is 12.4. The highest BCUT2D eigenvalue weighted by atomic mass is 32.2. The van der Waals surface area contributed by atoms with Crippen LogP contribution in [0, 0.1) is 0 Å². The van der Waals surface area contributed by atoms with Gasteiger partial charge < -0.3 is 15.5 Å². The molecule has 0 saturated heterocycles. The largest absolute Gasteiger partial charge is 0.363 e. The molecule has 1 aliphatic rings. The molecule has 3 rings (SSSR count). The Bertz CT molecular complexity index is 790. The van der Waals surface area contributed by atoms with Gasteiger partial charge in [0.15, 0.2) is 0 Å². The molecule has 2 N–H and O–H groups in total. The summed E-state index contributed by atoms with van der Waals surface area (Å²) >= 11 is 1.49. The molecule has 1 aliphatic heterocycles. The predicted octanol–water partition coefficient (Wildman–Crippen LogP) is 2.83. The number of nitrogens with zero attached hydrogens (tertiary/aromatic N) is 2. The van der Waals surface area contributed by atoms with Crippen molar-refractivity contribution in [3.63, 3.8) is 0 Å². The number of carbonyl (C=O) groups is 2. The third kappa shape index (κ3) is 3.35. The van der Waals surface area contributed by atoms with Gasteiger partial charge in [0, 0.05) is 24.6 Å². The molecule has 0 bridgehead atoms. The molecule has 0 fully saturated rings. The van der Waals surface area contributed by atoms with E-state index >= 15 is 0 Å². The molecule has 0 spiro atoms. The van der Waals surface area contributed by atoms with Gasteiger partial charge in [-0.1, -0.05) is 0 Å². The molecule has 2 heterocycles. The minimum absolute atomic E-state index is 0.0477. The Kier molecular flexibility index (Phi) is 4.44. The fraction of sp³-hybridized carbons (Fsp3) is 0.235. The van der Waals surface area contributed by atoms with Crippen molar-refractivity contribution in [2.45, 2.75) is 17.1 Å². The van der Waals surface area contributed by atoms with Crippen LogP contribution in [-0.4, -0.2) is 36.1 Å². The molecule has 1 aromatic heterocycles. The second-order valence-electron chi connectivity index (χ2n) is 5.71. The summed E-state index contributed by atoms with van der Waals surface area (Å²) in [5.74, 6) is 0.527. The van der Waals surface area contributed by atoms with Gasteiger partial charge in [0.2, 0.25) is 5.91 Å². The lowest BCUT2D eigenvalue weighted by molar-refractivity contribution is -0.115. The number of amides is 2. The number of rotatable bonds is 3. The zero-order chi connectivity index (χ0) is 17.3. The molecule has 2 amide bonds. The Hall–Kier alpha value is -2.54. The van der Waals surface area contributed by atoms with E-state index in [0.29, 0.717) is 16.9 Å². The maximum atomic E-state index is 12.4. The standard InChI is InChI=1S/C17H18N4O2S/c1-10-16(22)20-13-8-11(4-6-14(13)24-10)17(23)19-12-5-7-15(18-9-12)21(2)3/h4-10H,1-3H3,(H,19,23)(H,20,22). The molecule has 2 aromatic rings. The number of anilines is 3. The van der Waals surface area contributed by atoms with Crippen LogP contribution in [0.25, 0.3) is 0 Å². The monoisotopic (exact) mass is 342 g/mol. The third-order valence-corrected chi connectivity index (χ3v) is 4.81. The van der Waals surface area contributed by atoms with Gasteiger partial charge in [-0.25, -0.2) is 4.98 Å². The van der Waals surface area contributed by atoms with Crippen molar-refractivity contribution in [1.82, 2.24) is 4.98 Å². The summed E-state index contributed by atoms with van der Waals surface area (Å²) in [7, 11) is 3.81. The van der Waals surface area contributed by atoms with Gasteiger partial charge in [-0.3, -0.25) is 9.59 Å². The summed E-state index contributed by atoms with van der Waals surface area (Å²) < 4.78 is 0. The second-order valence-corrected chi connectivity index (χ2v) is 7.10. The third-order valence-electron chi connectivity index (χ3n) is 3.64. The first-order chi connectivity index (χ1) is 11.4. The average Bonchev–Trinajstić information content (AvgIpc) is 2.56. The molecule has 7 heteroatoms. The highest BCUT2D eigenvalue weighted by Crippen LogP contribution is 2.36. The fourth-order valence-electron chi connectivity index (χ4n) is 2.28. The summed E-state index contributed by atoms with van der Waals surface area (Å²) in [5.41, 5.74) is 1.79. The Balaban J connectivity index is 1.76. The number of pyridine rings is 1. The summed E-state index contributed by atoms with van der Waals surface area (Å²) in [6, 6.07) is 8.95. The van der Waals surface area contributed by atoms with Crippen LogP contribution in [-0.2, 0) is 4.79 Å². The van der Waals surface area contributed by atoms with E-state index in [1.54, 1.807) is 24.4 Å². The highest BCUT2D eigenvalue weighted by Gasteiger charge is 2.23. The van der Waals surface area contributed by atoms with Crippen LogP contribution in [0.2, 0.25) is 0 Å². The van der Waals surface area contributed by atoms with Crippen LogP contribution in [0.1, 0.15) is 17.3 Å². The first-order valence-corrected chi connectivity index (χ1v) is 8.38. The summed E-state index contributed by atoms with van der Waals surface area (Å²) in [4.78, 5) is 31.3. The van der Waals surface area contributed by atoms with Crippen LogP contribution in [0.3, 0.4) is 0 Å². The zero-order valence-corrected chi connectivity index (χ0v) is 14.5. The molecule has 1 unspecified atom stereocenters. The lowest BCUT2D eigenvalue weighted by atomic mass is 10.1. The van der Waals surface area contributed by atoms with Gasteiger partial charge in [-0.15, -0.1) is 11.8 Å². The van der Waals surface area contributed by atoms with Gasteiger partial charge in [0.25, 0.3) is 5.91 Å². The van der Waals surface area contributed by atoms with E-state index in [0.717, 1.165) is 10.7 Å². The first-order valence-electron chi connectivity index (χ1n) is 7.50. The van der Waals surface area contributed by atoms with Crippen LogP contribution in [0.15, 0.2) is 41.4 Å². The smallest absolute Gasteiger partial charge is 0.255 e. The number of benzene rings is 1. The Labute approximate surface area is 144 Å². The summed E-state index contributed by atoms with van der Waals surface area (Å²) in [6.07, 6.45) is 1.62. The molecule has 124 valence electrons. The van der Waals surface area contributed by atoms with Crippen molar-refractivity contribution in [3.05, 3.63) is 42.1 Å². The van der Waals surface area contributed by atoms with E-state index in [9.17, 15) is 9.59 Å². The van der Waals surface area contributed by atoms with Crippen LogP contribution < -0.4 is 15.5 Å². The van der Waals surface area contributed by atoms with Crippen molar-refractivity contribution >= 4 is 40.8 Å². The van der Waals surface area contributed by atoms with E-state index in [1.807, 2.05) is 38.1 Å². The van der Waals surface area contributed by atoms with E-state index in [2.05, 4.69) is 15.6 Å². The van der Waals surface area contributed by atoms with Crippen molar-refractivity contribution < 1.29 is 9.59 Å². The van der Waals surface area contributed by atoms with Gasteiger partial charge >= 0.3 is 0 Å². The quantitative estimate of drug-likeness (QED) is 0.897. The molecular formula is C17H18N4O2S. The van der Waals surface area contributed by atoms with Gasteiger partial charge in [-0.05, 0) is 37.3 Å². The van der Waals surface area contributed by atoms with E-state index in [-0.39, 0.29) is 17.1 Å². The lowest BCUT2D eigenvalue weighted by Crippen LogP contribution is -2.26. The first kappa shape index (κ1) is 16.3. The molecule has 0 radical (unpaired) electrons.